The molecule has 0 radical (unpaired) electrons. The maximum absolute atomic E-state index is 13.6. The van der Waals surface area contributed by atoms with Crippen molar-refractivity contribution < 1.29 is 13.9 Å². The Labute approximate surface area is 190 Å². The molecule has 4 nitrogen and oxygen atoms in total. The van der Waals surface area contributed by atoms with Gasteiger partial charge in [0.25, 0.3) is 0 Å². The van der Waals surface area contributed by atoms with Crippen molar-refractivity contribution >= 4 is 32.5 Å². The average molecular weight is 434 g/mol. The van der Waals surface area contributed by atoms with E-state index in [0.29, 0.717) is 23.5 Å². The van der Waals surface area contributed by atoms with Gasteiger partial charge in [-0.05, 0) is 42.1 Å². The van der Waals surface area contributed by atoms with Gasteiger partial charge >= 0.3 is 5.63 Å². The predicted octanol–water partition coefficient (Wildman–Crippen LogP) is 6.41. The van der Waals surface area contributed by atoms with Crippen LogP contribution in [0.25, 0.3) is 32.5 Å². The van der Waals surface area contributed by atoms with Crippen molar-refractivity contribution in [1.29, 1.82) is 0 Å². The maximum Gasteiger partial charge on any atom is 0.343 e. The van der Waals surface area contributed by atoms with Crippen LogP contribution < -0.4 is 15.1 Å². The summed E-state index contributed by atoms with van der Waals surface area (Å²) in [5.41, 5.74) is 1.37. The van der Waals surface area contributed by atoms with E-state index >= 15 is 0 Å². The molecule has 0 N–H and O–H groups in total. The Morgan fingerprint density at radius 2 is 1.48 bits per heavy atom. The highest BCUT2D eigenvalue weighted by molar-refractivity contribution is 6.06. The molecule has 5 aromatic rings. The van der Waals surface area contributed by atoms with Crippen molar-refractivity contribution in [2.24, 2.45) is 5.92 Å². The molecule has 4 aromatic carbocycles. The summed E-state index contributed by atoms with van der Waals surface area (Å²) >= 11 is 0. The van der Waals surface area contributed by atoms with Gasteiger partial charge in [0.1, 0.15) is 22.7 Å². The van der Waals surface area contributed by atoms with Gasteiger partial charge in [-0.2, -0.15) is 0 Å². The lowest BCUT2D eigenvalue weighted by molar-refractivity contribution is -0.0132. The lowest BCUT2D eigenvalue weighted by Crippen LogP contribution is -2.50. The molecule has 2 atom stereocenters. The second kappa shape index (κ2) is 6.38. The van der Waals surface area contributed by atoms with E-state index in [9.17, 15) is 4.79 Å². The zero-order valence-corrected chi connectivity index (χ0v) is 18.4. The van der Waals surface area contributed by atoms with Crippen LogP contribution in [0.2, 0.25) is 0 Å². The van der Waals surface area contributed by atoms with Gasteiger partial charge in [0.2, 0.25) is 0 Å². The zero-order valence-electron chi connectivity index (χ0n) is 18.4. The van der Waals surface area contributed by atoms with Crippen molar-refractivity contribution in [3.05, 3.63) is 94.3 Å². The normalized spacial score (nSPS) is 20.5. The van der Waals surface area contributed by atoms with Crippen molar-refractivity contribution in [3.63, 3.8) is 0 Å². The highest BCUT2D eigenvalue weighted by Gasteiger charge is 2.50. The molecule has 33 heavy (non-hydrogen) atoms. The fourth-order valence-electron chi connectivity index (χ4n) is 5.78. The molecule has 0 unspecified atom stereocenters. The third-order valence-corrected chi connectivity index (χ3v) is 7.42. The molecule has 0 bridgehead atoms. The number of hydrogen-bond acceptors (Lipinski definition) is 4. The Kier molecular flexibility index (Phi) is 3.63. The van der Waals surface area contributed by atoms with E-state index < -0.39 is 5.60 Å². The molecule has 0 spiro atoms. The molecule has 2 aliphatic heterocycles. The van der Waals surface area contributed by atoms with E-state index in [1.807, 2.05) is 48.5 Å². The fourth-order valence-corrected chi connectivity index (χ4v) is 5.78. The summed E-state index contributed by atoms with van der Waals surface area (Å²) in [6.07, 6.45) is 0. The lowest BCUT2D eigenvalue weighted by Gasteiger charge is -2.47. The third kappa shape index (κ3) is 2.49. The molecule has 1 aromatic heterocycles. The maximum atomic E-state index is 13.6. The third-order valence-electron chi connectivity index (χ3n) is 7.42. The average Bonchev–Trinajstić information content (AvgIpc) is 2.83. The minimum absolute atomic E-state index is 0.0240. The first-order valence-corrected chi connectivity index (χ1v) is 11.3. The minimum atomic E-state index is -0.529. The number of hydrogen-bond donors (Lipinski definition) is 0. The Morgan fingerprint density at radius 1 is 0.788 bits per heavy atom. The van der Waals surface area contributed by atoms with E-state index in [1.165, 1.54) is 0 Å². The summed E-state index contributed by atoms with van der Waals surface area (Å²) in [5.74, 6) is 1.27. The van der Waals surface area contributed by atoms with Crippen molar-refractivity contribution in [2.75, 3.05) is 6.61 Å². The van der Waals surface area contributed by atoms with Crippen LogP contribution in [-0.2, 0) is 0 Å². The first-order chi connectivity index (χ1) is 16.0. The Bertz CT molecular complexity index is 1660. The standard InChI is InChI=1S/C29H22O4/c1-29(2)21-15-31-22-14-12-16-7-3-5-9-18(16)23(22)24(21)25-27(33-29)20-13-11-17-8-4-6-10-19(17)26(20)32-28(25)30/h3-14,21,24H,15H2,1-2H3/t21-,24-/m0/s1. The van der Waals surface area contributed by atoms with E-state index in [0.717, 1.165) is 38.2 Å². The van der Waals surface area contributed by atoms with Crippen LogP contribution in [0.5, 0.6) is 11.5 Å². The number of benzene rings is 4. The van der Waals surface area contributed by atoms with Gasteiger partial charge < -0.3 is 13.9 Å². The Hall–Kier alpha value is -3.79. The zero-order chi connectivity index (χ0) is 22.3. The van der Waals surface area contributed by atoms with Gasteiger partial charge in [0, 0.05) is 22.8 Å². The number of ether oxygens (including phenoxy) is 2. The first kappa shape index (κ1) is 18.8. The molecule has 162 valence electrons. The van der Waals surface area contributed by atoms with Crippen molar-refractivity contribution in [2.45, 2.75) is 25.4 Å². The summed E-state index contributed by atoms with van der Waals surface area (Å²) in [6, 6.07) is 24.4. The van der Waals surface area contributed by atoms with Gasteiger partial charge in [0.15, 0.2) is 0 Å². The van der Waals surface area contributed by atoms with E-state index in [-0.39, 0.29) is 17.5 Å². The van der Waals surface area contributed by atoms with Gasteiger partial charge in [-0.3, -0.25) is 0 Å². The van der Waals surface area contributed by atoms with Gasteiger partial charge in [0.05, 0.1) is 17.6 Å². The van der Waals surface area contributed by atoms with Crippen molar-refractivity contribution in [3.8, 4) is 11.5 Å². The van der Waals surface area contributed by atoms with Crippen LogP contribution in [0.3, 0.4) is 0 Å². The monoisotopic (exact) mass is 434 g/mol. The molecule has 0 fully saturated rings. The van der Waals surface area contributed by atoms with E-state index in [2.05, 4.69) is 38.1 Å². The molecule has 0 amide bonds. The quantitative estimate of drug-likeness (QED) is 0.209. The highest BCUT2D eigenvalue weighted by Crippen LogP contribution is 2.54. The number of fused-ring (bicyclic) bond motifs is 11. The molecule has 0 saturated heterocycles. The topological polar surface area (TPSA) is 48.7 Å². The molecule has 0 aliphatic carbocycles. The summed E-state index contributed by atoms with van der Waals surface area (Å²) in [6.45, 7) is 4.67. The van der Waals surface area contributed by atoms with Gasteiger partial charge in [-0.15, -0.1) is 0 Å². The molecule has 7 rings (SSSR count). The smallest absolute Gasteiger partial charge is 0.343 e. The summed E-state index contributed by atoms with van der Waals surface area (Å²) in [4.78, 5) is 13.6. The second-order valence-corrected chi connectivity index (χ2v) is 9.59. The first-order valence-electron chi connectivity index (χ1n) is 11.3. The molecular formula is C29H22O4. The molecular weight excluding hydrogens is 412 g/mol. The van der Waals surface area contributed by atoms with Crippen LogP contribution in [-0.4, -0.2) is 12.2 Å². The minimum Gasteiger partial charge on any atom is -0.493 e. The molecule has 0 saturated carbocycles. The summed E-state index contributed by atoms with van der Waals surface area (Å²) in [7, 11) is 0. The van der Waals surface area contributed by atoms with Gasteiger partial charge in [-0.1, -0.05) is 60.7 Å². The van der Waals surface area contributed by atoms with Crippen LogP contribution in [0.1, 0.15) is 30.9 Å². The van der Waals surface area contributed by atoms with Crippen LogP contribution >= 0.6 is 0 Å². The van der Waals surface area contributed by atoms with Crippen LogP contribution in [0.15, 0.2) is 82.0 Å². The Morgan fingerprint density at radius 3 is 2.30 bits per heavy atom. The largest absolute Gasteiger partial charge is 0.493 e. The Balaban J connectivity index is 1.62. The SMILES string of the molecule is CC1(C)Oc2c(c(=O)oc3c2ccc2ccccc23)[C@@H]2c3c(ccc4ccccc34)OC[C@@H]21. The molecule has 2 aliphatic rings. The highest BCUT2D eigenvalue weighted by atomic mass is 16.5. The second-order valence-electron chi connectivity index (χ2n) is 9.59. The fraction of sp³-hybridized carbons (Fsp3) is 0.207. The summed E-state index contributed by atoms with van der Waals surface area (Å²) < 4.78 is 18.9. The predicted molar refractivity (Wildman–Crippen MR) is 129 cm³/mol. The van der Waals surface area contributed by atoms with Crippen molar-refractivity contribution in [1.82, 2.24) is 0 Å². The van der Waals surface area contributed by atoms with Crippen LogP contribution in [0, 0.1) is 5.92 Å². The molecule has 3 heterocycles. The lowest BCUT2D eigenvalue weighted by atomic mass is 9.69. The molecule has 4 heteroatoms. The van der Waals surface area contributed by atoms with Gasteiger partial charge in [-0.25, -0.2) is 4.79 Å². The van der Waals surface area contributed by atoms with Crippen LogP contribution in [0.4, 0.5) is 0 Å². The number of rotatable bonds is 0. The van der Waals surface area contributed by atoms with E-state index in [4.69, 9.17) is 13.9 Å². The summed E-state index contributed by atoms with van der Waals surface area (Å²) in [5, 5.41) is 5.01. The van der Waals surface area contributed by atoms with E-state index in [1.54, 1.807) is 0 Å².